The zero-order valence-corrected chi connectivity index (χ0v) is 10.8. The second-order valence-corrected chi connectivity index (χ2v) is 4.26. The Labute approximate surface area is 114 Å². The largest absolute Gasteiger partial charge is 0.486 e. The fraction of sp³-hybridized carbons (Fsp3) is 0.143. The summed E-state index contributed by atoms with van der Waals surface area (Å²) in [4.78, 5) is 0. The lowest BCUT2D eigenvalue weighted by Gasteiger charge is -2.11. The highest BCUT2D eigenvalue weighted by Crippen LogP contribution is 2.30. The van der Waals surface area contributed by atoms with E-state index in [9.17, 15) is 4.39 Å². The number of hydrogen-bond donors (Lipinski definition) is 0. The van der Waals surface area contributed by atoms with Crippen molar-refractivity contribution in [3.05, 3.63) is 54.3 Å². The van der Waals surface area contributed by atoms with Crippen molar-refractivity contribution in [1.82, 2.24) is 14.9 Å². The number of nitrogens with zero attached hydrogens (tertiary/aromatic N) is 3. The molecule has 2 aromatic heterocycles. The Balaban J connectivity index is 1.92. The Kier molecular flexibility index (Phi) is 3.20. The first-order valence-corrected chi connectivity index (χ1v) is 6.04. The standard InChI is InChI=1S/C14H12FN3O2/c1-18-13(4-6-16-18)12-3-2-10(15)8-14(12)19-9-11-5-7-20-17-11/h2-8H,9H2,1H3. The first-order chi connectivity index (χ1) is 9.74. The van der Waals surface area contributed by atoms with Gasteiger partial charge in [-0.25, -0.2) is 4.39 Å². The van der Waals surface area contributed by atoms with Crippen molar-refractivity contribution in [2.75, 3.05) is 0 Å². The lowest BCUT2D eigenvalue weighted by atomic mass is 10.1. The molecule has 0 fully saturated rings. The van der Waals surface area contributed by atoms with Gasteiger partial charge in [0.15, 0.2) is 0 Å². The number of rotatable bonds is 4. The smallest absolute Gasteiger partial charge is 0.134 e. The molecule has 6 heteroatoms. The first-order valence-electron chi connectivity index (χ1n) is 6.04. The molecule has 3 rings (SSSR count). The lowest BCUT2D eigenvalue weighted by Crippen LogP contribution is -2.00. The summed E-state index contributed by atoms with van der Waals surface area (Å²) in [6.07, 6.45) is 3.15. The molecule has 0 radical (unpaired) electrons. The molecule has 0 aliphatic carbocycles. The van der Waals surface area contributed by atoms with Gasteiger partial charge >= 0.3 is 0 Å². The summed E-state index contributed by atoms with van der Waals surface area (Å²) >= 11 is 0. The van der Waals surface area contributed by atoms with Gasteiger partial charge in [-0.1, -0.05) is 5.16 Å². The number of aromatic nitrogens is 3. The molecule has 1 aromatic carbocycles. The Bertz CT molecular complexity index is 707. The zero-order chi connectivity index (χ0) is 13.9. The van der Waals surface area contributed by atoms with E-state index in [4.69, 9.17) is 9.26 Å². The molecule has 0 aliphatic rings. The summed E-state index contributed by atoms with van der Waals surface area (Å²) in [5.41, 5.74) is 2.26. The van der Waals surface area contributed by atoms with E-state index in [0.29, 0.717) is 11.4 Å². The first kappa shape index (κ1) is 12.4. The van der Waals surface area contributed by atoms with E-state index in [0.717, 1.165) is 11.3 Å². The predicted octanol–water partition coefficient (Wildman–Crippen LogP) is 2.79. The summed E-state index contributed by atoms with van der Waals surface area (Å²) in [7, 11) is 1.82. The summed E-state index contributed by atoms with van der Waals surface area (Å²) in [6, 6.07) is 7.96. The number of aryl methyl sites for hydroxylation is 1. The second-order valence-electron chi connectivity index (χ2n) is 4.26. The van der Waals surface area contributed by atoms with Crippen molar-refractivity contribution < 1.29 is 13.7 Å². The second kappa shape index (κ2) is 5.16. The van der Waals surface area contributed by atoms with Crippen LogP contribution in [-0.4, -0.2) is 14.9 Å². The highest BCUT2D eigenvalue weighted by molar-refractivity contribution is 5.67. The van der Waals surface area contributed by atoms with Crippen LogP contribution in [0, 0.1) is 5.82 Å². The molecule has 0 N–H and O–H groups in total. The van der Waals surface area contributed by atoms with Crippen LogP contribution in [0.4, 0.5) is 4.39 Å². The molecule has 0 spiro atoms. The van der Waals surface area contributed by atoms with Gasteiger partial charge in [-0.05, 0) is 18.2 Å². The molecule has 2 heterocycles. The molecule has 0 bridgehead atoms. The molecular formula is C14H12FN3O2. The fourth-order valence-corrected chi connectivity index (χ4v) is 1.93. The van der Waals surface area contributed by atoms with Crippen LogP contribution >= 0.6 is 0 Å². The van der Waals surface area contributed by atoms with Gasteiger partial charge < -0.3 is 9.26 Å². The van der Waals surface area contributed by atoms with Crippen molar-refractivity contribution in [2.45, 2.75) is 6.61 Å². The maximum Gasteiger partial charge on any atom is 0.134 e. The minimum atomic E-state index is -0.355. The van der Waals surface area contributed by atoms with Crippen molar-refractivity contribution in [1.29, 1.82) is 0 Å². The molecule has 102 valence electrons. The van der Waals surface area contributed by atoms with Crippen LogP contribution in [0.5, 0.6) is 5.75 Å². The van der Waals surface area contributed by atoms with Crippen LogP contribution in [0.2, 0.25) is 0 Å². The minimum Gasteiger partial charge on any atom is -0.486 e. The van der Waals surface area contributed by atoms with Crippen LogP contribution in [0.1, 0.15) is 5.69 Å². The van der Waals surface area contributed by atoms with Gasteiger partial charge in [0.2, 0.25) is 0 Å². The van der Waals surface area contributed by atoms with Crippen LogP contribution < -0.4 is 4.74 Å². The highest BCUT2D eigenvalue weighted by atomic mass is 19.1. The Morgan fingerprint density at radius 2 is 2.20 bits per heavy atom. The molecule has 5 nitrogen and oxygen atoms in total. The van der Waals surface area contributed by atoms with Gasteiger partial charge in [-0.2, -0.15) is 5.10 Å². The molecule has 0 atom stereocenters. The molecule has 0 aliphatic heterocycles. The van der Waals surface area contributed by atoms with E-state index >= 15 is 0 Å². The third-order valence-corrected chi connectivity index (χ3v) is 2.91. The monoisotopic (exact) mass is 273 g/mol. The zero-order valence-electron chi connectivity index (χ0n) is 10.8. The van der Waals surface area contributed by atoms with Gasteiger partial charge in [-0.15, -0.1) is 0 Å². The van der Waals surface area contributed by atoms with E-state index < -0.39 is 0 Å². The Morgan fingerprint density at radius 1 is 1.30 bits per heavy atom. The lowest BCUT2D eigenvalue weighted by molar-refractivity contribution is 0.289. The average molecular weight is 273 g/mol. The average Bonchev–Trinajstić information content (AvgIpc) is 3.08. The maximum atomic E-state index is 13.4. The van der Waals surface area contributed by atoms with Gasteiger partial charge in [-0.3, -0.25) is 4.68 Å². The van der Waals surface area contributed by atoms with Crippen molar-refractivity contribution in [3.63, 3.8) is 0 Å². The van der Waals surface area contributed by atoms with Crippen LogP contribution in [0.15, 0.2) is 47.3 Å². The number of halogens is 1. The molecule has 0 amide bonds. The Hall–Kier alpha value is -2.63. The molecule has 0 saturated carbocycles. The van der Waals surface area contributed by atoms with Crippen molar-refractivity contribution in [2.24, 2.45) is 7.05 Å². The minimum absolute atomic E-state index is 0.213. The summed E-state index contributed by atoms with van der Waals surface area (Å²) in [6.45, 7) is 0.213. The summed E-state index contributed by atoms with van der Waals surface area (Å²) in [5.74, 6) is 0.0858. The van der Waals surface area contributed by atoms with Gasteiger partial charge in [0.05, 0.1) is 5.69 Å². The van der Waals surface area contributed by atoms with E-state index in [-0.39, 0.29) is 12.4 Å². The SMILES string of the molecule is Cn1nccc1-c1ccc(F)cc1OCc1ccon1. The number of hydrogen-bond acceptors (Lipinski definition) is 4. The van der Waals surface area contributed by atoms with Gasteiger partial charge in [0.25, 0.3) is 0 Å². The van der Waals surface area contributed by atoms with E-state index in [2.05, 4.69) is 10.3 Å². The highest BCUT2D eigenvalue weighted by Gasteiger charge is 2.11. The number of ether oxygens (including phenoxy) is 1. The molecule has 3 aromatic rings. The normalized spacial score (nSPS) is 10.7. The van der Waals surface area contributed by atoms with E-state index in [1.54, 1.807) is 23.0 Å². The topological polar surface area (TPSA) is 53.1 Å². The van der Waals surface area contributed by atoms with Gasteiger partial charge in [0.1, 0.15) is 30.1 Å². The summed E-state index contributed by atoms with van der Waals surface area (Å²) in [5, 5.41) is 7.86. The molecule has 0 saturated heterocycles. The third-order valence-electron chi connectivity index (χ3n) is 2.91. The third kappa shape index (κ3) is 2.40. The van der Waals surface area contributed by atoms with Gasteiger partial charge in [0, 0.05) is 30.9 Å². The quantitative estimate of drug-likeness (QED) is 0.733. The van der Waals surface area contributed by atoms with Crippen LogP contribution in [0.3, 0.4) is 0 Å². The Morgan fingerprint density at radius 3 is 2.90 bits per heavy atom. The molecule has 20 heavy (non-hydrogen) atoms. The van der Waals surface area contributed by atoms with Crippen molar-refractivity contribution in [3.8, 4) is 17.0 Å². The van der Waals surface area contributed by atoms with E-state index in [1.165, 1.54) is 18.4 Å². The van der Waals surface area contributed by atoms with Crippen molar-refractivity contribution >= 4 is 0 Å². The van der Waals surface area contributed by atoms with E-state index in [1.807, 2.05) is 13.1 Å². The maximum absolute atomic E-state index is 13.4. The van der Waals surface area contributed by atoms with Crippen LogP contribution in [-0.2, 0) is 13.7 Å². The summed E-state index contributed by atoms with van der Waals surface area (Å²) < 4.78 is 25.5. The van der Waals surface area contributed by atoms with Crippen LogP contribution in [0.25, 0.3) is 11.3 Å². The predicted molar refractivity (Wildman–Crippen MR) is 69.4 cm³/mol. The molecular weight excluding hydrogens is 261 g/mol. The molecule has 0 unspecified atom stereocenters. The number of benzene rings is 1. The fourth-order valence-electron chi connectivity index (χ4n) is 1.93.